The summed E-state index contributed by atoms with van der Waals surface area (Å²) in [5.74, 6) is -0.555. The molecule has 0 radical (unpaired) electrons. The summed E-state index contributed by atoms with van der Waals surface area (Å²) in [6.45, 7) is 6.83. The quantitative estimate of drug-likeness (QED) is 0.0205. The second-order valence-electron chi connectivity index (χ2n) is 22.2. The molecule has 1 amide bonds. The van der Waals surface area contributed by atoms with Gasteiger partial charge in [-0.1, -0.05) is 240 Å². The smallest absolute Gasteiger partial charge is 0.456 e. The Bertz CT molecular complexity index is 1700. The molecular weight excluding hydrogens is 988 g/mol. The topological polar surface area (TPSA) is 111 Å². The van der Waals surface area contributed by atoms with Gasteiger partial charge in [-0.25, -0.2) is 4.57 Å². The van der Waals surface area contributed by atoms with E-state index in [1.807, 2.05) is 33.3 Å². The van der Waals surface area contributed by atoms with Crippen LogP contribution in [0.15, 0.2) is 109 Å². The number of rotatable bonds is 56. The number of allylic oxidation sites excluding steroid dienone is 17. The summed E-state index contributed by atoms with van der Waals surface area (Å²) in [6.07, 6.45) is 78.0. The maximum atomic E-state index is 13.5. The number of phosphoric acid groups is 1. The van der Waals surface area contributed by atoms with Crippen molar-refractivity contribution in [3.63, 3.8) is 0 Å². The van der Waals surface area contributed by atoms with Crippen LogP contribution in [-0.4, -0.2) is 74.3 Å². The number of carbonyl (C=O) groups excluding carboxylic acids is 2. The number of nitrogens with zero attached hydrogens (tertiary/aromatic N) is 1. The van der Waals surface area contributed by atoms with Gasteiger partial charge in [0.1, 0.15) is 19.3 Å². The summed E-state index contributed by atoms with van der Waals surface area (Å²) in [6, 6.07) is -0.876. The van der Waals surface area contributed by atoms with Crippen LogP contribution in [0.4, 0.5) is 0 Å². The third kappa shape index (κ3) is 57.4. The van der Waals surface area contributed by atoms with Gasteiger partial charge in [-0.05, 0) is 115 Å². The average Bonchev–Trinajstić information content (AvgIpc) is 3.40. The normalized spacial score (nSPS) is 14.4. The minimum absolute atomic E-state index is 0.0267. The molecule has 0 rings (SSSR count). The van der Waals surface area contributed by atoms with Crippen molar-refractivity contribution in [2.45, 2.75) is 270 Å². The zero-order chi connectivity index (χ0) is 57.2. The number of ether oxygens (including phenoxy) is 1. The lowest BCUT2D eigenvalue weighted by Gasteiger charge is -2.27. The summed E-state index contributed by atoms with van der Waals surface area (Å²) >= 11 is 0. The molecule has 9 nitrogen and oxygen atoms in total. The van der Waals surface area contributed by atoms with E-state index in [0.717, 1.165) is 116 Å². The predicted molar refractivity (Wildman–Crippen MR) is 337 cm³/mol. The van der Waals surface area contributed by atoms with E-state index in [9.17, 15) is 19.0 Å². The number of phosphoric ester groups is 1. The molecule has 0 aliphatic carbocycles. The monoisotopic (exact) mass is 1110 g/mol. The standard InChI is InChI=1S/C68H119N2O7P/c1-7-10-13-16-19-22-25-28-30-32-34-35-37-39-41-43-46-49-52-55-58-61-68(72)77-66(59-56-53-50-47-44-27-24-21-18-15-12-9-3)65(64-76-78(73,74)75-63-62-70(4,5)6)69-67(71)60-57-54-51-48-45-42-40-38-36-33-31-29-26-23-20-17-14-11-8-2/h11,14,19-20,22-23,28-31,34-36,38,42,45,56,59,65-66H,7-10,12-13,15-18,21,24-27,32-33,37,39-41,43-44,46-55,57-58,60-64H2,1-6H3,(H-,69,71,73,74)/p+1/b14-11-,22-19-,23-20-,30-28-,31-29-,35-34-,38-36-,45-42-,59-56+. The molecular formula is C68H120N2O7P+. The molecule has 0 aromatic carbocycles. The molecule has 0 fully saturated rings. The van der Waals surface area contributed by atoms with E-state index in [1.165, 1.54) is 103 Å². The van der Waals surface area contributed by atoms with Crippen molar-refractivity contribution in [1.82, 2.24) is 5.32 Å². The fourth-order valence-corrected chi connectivity index (χ4v) is 9.30. The average molecular weight is 1110 g/mol. The first kappa shape index (κ1) is 74.7. The predicted octanol–water partition coefficient (Wildman–Crippen LogP) is 19.7. The van der Waals surface area contributed by atoms with Gasteiger partial charge in [0.15, 0.2) is 0 Å². The number of likely N-dealkylation sites (N-methyl/N-ethyl adjacent to an activating group) is 1. The van der Waals surface area contributed by atoms with Gasteiger partial charge in [-0.15, -0.1) is 0 Å². The van der Waals surface area contributed by atoms with Crippen LogP contribution in [0.25, 0.3) is 0 Å². The lowest BCUT2D eigenvalue weighted by Crippen LogP contribution is -2.47. The fourth-order valence-electron chi connectivity index (χ4n) is 8.56. The number of quaternary nitrogens is 1. The van der Waals surface area contributed by atoms with Crippen molar-refractivity contribution in [3.05, 3.63) is 109 Å². The van der Waals surface area contributed by atoms with Crippen LogP contribution in [0.2, 0.25) is 0 Å². The summed E-state index contributed by atoms with van der Waals surface area (Å²) in [5, 5.41) is 3.04. The Labute approximate surface area is 481 Å². The van der Waals surface area contributed by atoms with Crippen LogP contribution < -0.4 is 5.32 Å². The van der Waals surface area contributed by atoms with Gasteiger partial charge < -0.3 is 19.4 Å². The molecule has 0 aromatic heterocycles. The Kier molecular flexibility index (Phi) is 54.5. The Morgan fingerprint density at radius 2 is 0.821 bits per heavy atom. The van der Waals surface area contributed by atoms with Crippen molar-refractivity contribution in [1.29, 1.82) is 0 Å². The maximum Gasteiger partial charge on any atom is 0.472 e. The third-order valence-corrected chi connectivity index (χ3v) is 14.4. The van der Waals surface area contributed by atoms with Crippen LogP contribution >= 0.6 is 7.82 Å². The summed E-state index contributed by atoms with van der Waals surface area (Å²) in [4.78, 5) is 37.7. The summed E-state index contributed by atoms with van der Waals surface area (Å²) in [5.41, 5.74) is 0. The van der Waals surface area contributed by atoms with Crippen molar-refractivity contribution in [3.8, 4) is 0 Å². The van der Waals surface area contributed by atoms with E-state index in [2.05, 4.69) is 123 Å². The van der Waals surface area contributed by atoms with Crippen molar-refractivity contribution >= 4 is 19.7 Å². The first-order chi connectivity index (χ1) is 37.9. The Morgan fingerprint density at radius 1 is 0.462 bits per heavy atom. The summed E-state index contributed by atoms with van der Waals surface area (Å²) < 4.78 is 30.7. The largest absolute Gasteiger partial charge is 0.472 e. The minimum atomic E-state index is -4.47. The number of amides is 1. The molecule has 3 unspecified atom stereocenters. The maximum absolute atomic E-state index is 13.5. The molecule has 0 heterocycles. The molecule has 0 saturated heterocycles. The van der Waals surface area contributed by atoms with Crippen LogP contribution in [-0.2, 0) is 27.9 Å². The van der Waals surface area contributed by atoms with Crippen molar-refractivity contribution < 1.29 is 37.3 Å². The molecule has 0 saturated carbocycles. The van der Waals surface area contributed by atoms with Crippen molar-refractivity contribution in [2.24, 2.45) is 0 Å². The van der Waals surface area contributed by atoms with E-state index in [1.54, 1.807) is 0 Å². The van der Waals surface area contributed by atoms with Crippen LogP contribution in [0.3, 0.4) is 0 Å². The number of hydrogen-bond acceptors (Lipinski definition) is 6. The molecule has 0 aliphatic rings. The number of hydrogen-bond donors (Lipinski definition) is 2. The van der Waals surface area contributed by atoms with Gasteiger partial charge in [0.2, 0.25) is 5.91 Å². The molecule has 2 N–H and O–H groups in total. The van der Waals surface area contributed by atoms with Gasteiger partial charge in [0, 0.05) is 12.8 Å². The van der Waals surface area contributed by atoms with Gasteiger partial charge in [-0.3, -0.25) is 18.6 Å². The second-order valence-corrected chi connectivity index (χ2v) is 23.6. The Morgan fingerprint density at radius 3 is 1.27 bits per heavy atom. The second kappa shape index (κ2) is 56.9. The highest BCUT2D eigenvalue weighted by Crippen LogP contribution is 2.43. The molecule has 78 heavy (non-hydrogen) atoms. The SMILES string of the molecule is CC/C=C\C/C=C\C/C=C\C/C=C\C/C=C\CCCCCC(=O)NC(COP(=O)(O)OCC[N+](C)(C)C)C(/C=C/CCCCCCCCCCCC)OC(=O)CCCCCCCCCC/C=C\C/C=C\C/C=C\CCCCC. The van der Waals surface area contributed by atoms with Crippen molar-refractivity contribution in [2.75, 3.05) is 40.9 Å². The fraction of sp³-hybridized carbons (Fsp3) is 0.706. The lowest BCUT2D eigenvalue weighted by atomic mass is 10.0. The molecule has 0 aromatic rings. The van der Waals surface area contributed by atoms with Crippen LogP contribution in [0.5, 0.6) is 0 Å². The van der Waals surface area contributed by atoms with E-state index in [-0.39, 0.29) is 37.9 Å². The number of nitrogens with one attached hydrogen (secondary N) is 1. The van der Waals surface area contributed by atoms with Gasteiger partial charge in [0.05, 0.1) is 33.8 Å². The molecule has 10 heteroatoms. The van der Waals surface area contributed by atoms with E-state index in [0.29, 0.717) is 17.4 Å². The Balaban J connectivity index is 5.31. The first-order valence-electron chi connectivity index (χ1n) is 31.7. The van der Waals surface area contributed by atoms with Crippen LogP contribution in [0.1, 0.15) is 258 Å². The van der Waals surface area contributed by atoms with Gasteiger partial charge in [0.25, 0.3) is 0 Å². The minimum Gasteiger partial charge on any atom is -0.456 e. The highest BCUT2D eigenvalue weighted by atomic mass is 31.2. The molecule has 0 spiro atoms. The molecule has 0 bridgehead atoms. The highest BCUT2D eigenvalue weighted by Gasteiger charge is 2.30. The molecule has 448 valence electrons. The number of carbonyl (C=O) groups is 2. The first-order valence-corrected chi connectivity index (χ1v) is 33.2. The lowest BCUT2D eigenvalue weighted by molar-refractivity contribution is -0.870. The van der Waals surface area contributed by atoms with Gasteiger partial charge in [-0.2, -0.15) is 0 Å². The molecule has 3 atom stereocenters. The van der Waals surface area contributed by atoms with Crippen LogP contribution in [0, 0.1) is 0 Å². The zero-order valence-electron chi connectivity index (χ0n) is 51.1. The summed E-state index contributed by atoms with van der Waals surface area (Å²) in [7, 11) is 1.45. The third-order valence-electron chi connectivity index (χ3n) is 13.4. The van der Waals surface area contributed by atoms with E-state index >= 15 is 0 Å². The number of esters is 1. The van der Waals surface area contributed by atoms with E-state index < -0.39 is 20.0 Å². The highest BCUT2D eigenvalue weighted by molar-refractivity contribution is 7.47. The number of unbranched alkanes of at least 4 members (excludes halogenated alkanes) is 24. The Hall–Kier alpha value is -3.33. The van der Waals surface area contributed by atoms with E-state index in [4.69, 9.17) is 13.8 Å². The zero-order valence-corrected chi connectivity index (χ0v) is 52.0. The van der Waals surface area contributed by atoms with Gasteiger partial charge >= 0.3 is 13.8 Å². The molecule has 0 aliphatic heterocycles.